The third kappa shape index (κ3) is 7.21. The Balaban J connectivity index is 1.51. The summed E-state index contributed by atoms with van der Waals surface area (Å²) in [5.74, 6) is 2.52. The van der Waals surface area contributed by atoms with E-state index in [9.17, 15) is 4.79 Å². The van der Waals surface area contributed by atoms with E-state index in [1.54, 1.807) is 0 Å². The molecule has 3 aromatic rings. The van der Waals surface area contributed by atoms with Crippen molar-refractivity contribution < 1.29 is 9.53 Å². The van der Waals surface area contributed by atoms with Gasteiger partial charge < -0.3 is 14.6 Å². The average molecular weight is 462 g/mol. The van der Waals surface area contributed by atoms with E-state index in [1.807, 2.05) is 6.07 Å². The molecule has 0 atom stereocenters. The molecule has 3 rings (SSSR count). The zero-order valence-corrected chi connectivity index (χ0v) is 21.0. The molecule has 1 heterocycles. The lowest BCUT2D eigenvalue weighted by molar-refractivity contribution is -0.116. The number of rotatable bonds is 14. The molecule has 0 aliphatic heterocycles. The minimum absolute atomic E-state index is 0.103. The summed E-state index contributed by atoms with van der Waals surface area (Å²) in [6.45, 7) is 12.4. The fourth-order valence-corrected chi connectivity index (χ4v) is 4.23. The number of aromatic nitrogens is 2. The zero-order chi connectivity index (χ0) is 24.3. The quantitative estimate of drug-likeness (QED) is 0.225. The molecule has 1 aromatic heterocycles. The van der Waals surface area contributed by atoms with Gasteiger partial charge in [-0.25, -0.2) is 4.98 Å². The van der Waals surface area contributed by atoms with Gasteiger partial charge in [-0.05, 0) is 73.9 Å². The summed E-state index contributed by atoms with van der Waals surface area (Å²) in [6.07, 6.45) is 7.39. The maximum Gasteiger partial charge on any atom is 0.243 e. The molecule has 1 amide bonds. The van der Waals surface area contributed by atoms with Gasteiger partial charge in [-0.1, -0.05) is 51.1 Å². The Hall–Kier alpha value is -3.08. The molecule has 0 unspecified atom stereocenters. The molecule has 0 bridgehead atoms. The molecule has 0 radical (unpaired) electrons. The molecule has 0 saturated heterocycles. The van der Waals surface area contributed by atoms with Crippen LogP contribution in [0.1, 0.15) is 68.8 Å². The Morgan fingerprint density at radius 3 is 2.74 bits per heavy atom. The molecule has 2 aromatic carbocycles. The van der Waals surface area contributed by atoms with E-state index in [0.717, 1.165) is 68.8 Å². The minimum Gasteiger partial charge on any atom is -0.493 e. The molecule has 0 aliphatic rings. The van der Waals surface area contributed by atoms with E-state index in [0.29, 0.717) is 12.5 Å². The number of nitrogens with one attached hydrogen (secondary N) is 1. The van der Waals surface area contributed by atoms with Crippen LogP contribution in [0.4, 0.5) is 0 Å². The van der Waals surface area contributed by atoms with E-state index < -0.39 is 0 Å². The van der Waals surface area contributed by atoms with Crippen LogP contribution in [0.3, 0.4) is 0 Å². The van der Waals surface area contributed by atoms with Crippen LogP contribution in [0.25, 0.3) is 11.0 Å². The molecule has 182 valence electrons. The second kappa shape index (κ2) is 13.0. The normalized spacial score (nSPS) is 11.2. The van der Waals surface area contributed by atoms with Gasteiger partial charge in [0.05, 0.1) is 17.6 Å². The molecule has 0 saturated carbocycles. The van der Waals surface area contributed by atoms with Crippen molar-refractivity contribution in [3.63, 3.8) is 0 Å². The predicted molar refractivity (Wildman–Crippen MR) is 140 cm³/mol. The van der Waals surface area contributed by atoms with E-state index in [4.69, 9.17) is 9.72 Å². The van der Waals surface area contributed by atoms with Crippen molar-refractivity contribution in [2.75, 3.05) is 13.2 Å². The summed E-state index contributed by atoms with van der Waals surface area (Å²) in [7, 11) is 0. The van der Waals surface area contributed by atoms with Gasteiger partial charge >= 0.3 is 0 Å². The van der Waals surface area contributed by atoms with Gasteiger partial charge in [0.1, 0.15) is 11.6 Å². The summed E-state index contributed by atoms with van der Waals surface area (Å²) >= 11 is 0. The predicted octanol–water partition coefficient (Wildman–Crippen LogP) is 6.34. The number of unbranched alkanes of at least 4 members (excludes halogenated alkanes) is 3. The van der Waals surface area contributed by atoms with Gasteiger partial charge in [0.25, 0.3) is 0 Å². The third-order valence-corrected chi connectivity index (χ3v) is 6.12. The highest BCUT2D eigenvalue weighted by Crippen LogP contribution is 2.27. The number of imidazole rings is 1. The maximum atomic E-state index is 11.2. The van der Waals surface area contributed by atoms with Crippen molar-refractivity contribution in [3.05, 3.63) is 72.1 Å². The van der Waals surface area contributed by atoms with Crippen molar-refractivity contribution in [1.82, 2.24) is 14.9 Å². The van der Waals surface area contributed by atoms with Crippen LogP contribution in [0, 0.1) is 6.92 Å². The van der Waals surface area contributed by atoms with Gasteiger partial charge in [-0.15, -0.1) is 0 Å². The lowest BCUT2D eigenvalue weighted by atomic mass is 10.0. The highest BCUT2D eigenvalue weighted by atomic mass is 16.5. The number of hydrogen-bond donors (Lipinski definition) is 1. The largest absolute Gasteiger partial charge is 0.493 e. The molecular formula is C29H39N3O2. The highest BCUT2D eigenvalue weighted by molar-refractivity contribution is 5.86. The van der Waals surface area contributed by atoms with Crippen LogP contribution in [-0.4, -0.2) is 28.6 Å². The number of benzene rings is 2. The van der Waals surface area contributed by atoms with Crippen LogP contribution >= 0.6 is 0 Å². The van der Waals surface area contributed by atoms with Crippen LogP contribution < -0.4 is 10.1 Å². The first kappa shape index (κ1) is 25.5. The second-order valence-electron chi connectivity index (χ2n) is 9.23. The molecule has 0 aliphatic carbocycles. The standard InChI is InChI=1S/C29H39N3O2/c1-5-29(33)30-18-10-6-7-15-28-31-25-13-8-9-14-26(25)32(28)19-11-12-20-34-27-21-23(4)16-17-24(27)22(2)3/h5,8-9,13-14,16-17,21-22H,1,6-7,10-12,15,18-20H2,2-4H3,(H,30,33). The first-order chi connectivity index (χ1) is 16.5. The Morgan fingerprint density at radius 1 is 1.12 bits per heavy atom. The highest BCUT2D eigenvalue weighted by Gasteiger charge is 2.11. The van der Waals surface area contributed by atoms with E-state index in [2.05, 4.69) is 73.6 Å². The first-order valence-electron chi connectivity index (χ1n) is 12.6. The molecular weight excluding hydrogens is 422 g/mol. The lowest BCUT2D eigenvalue weighted by Gasteiger charge is -2.15. The summed E-state index contributed by atoms with van der Waals surface area (Å²) < 4.78 is 8.56. The first-order valence-corrected chi connectivity index (χ1v) is 12.6. The van der Waals surface area contributed by atoms with Crippen LogP contribution in [0.2, 0.25) is 0 Å². The van der Waals surface area contributed by atoms with Crippen LogP contribution in [0.5, 0.6) is 5.75 Å². The zero-order valence-electron chi connectivity index (χ0n) is 21.0. The van der Waals surface area contributed by atoms with Crippen molar-refractivity contribution >= 4 is 16.9 Å². The summed E-state index contributed by atoms with van der Waals surface area (Å²) in [6, 6.07) is 14.9. The summed E-state index contributed by atoms with van der Waals surface area (Å²) in [5, 5.41) is 2.84. The smallest absolute Gasteiger partial charge is 0.243 e. The van der Waals surface area contributed by atoms with Gasteiger partial charge in [0.2, 0.25) is 5.91 Å². The Morgan fingerprint density at radius 2 is 1.94 bits per heavy atom. The molecule has 5 heteroatoms. The Labute approximate surface area is 204 Å². The number of aryl methyl sites for hydroxylation is 3. The van der Waals surface area contributed by atoms with Crippen molar-refractivity contribution in [2.45, 2.75) is 71.8 Å². The number of carbonyl (C=O) groups is 1. The maximum absolute atomic E-state index is 11.2. The van der Waals surface area contributed by atoms with E-state index in [-0.39, 0.29) is 5.91 Å². The molecule has 1 N–H and O–H groups in total. The summed E-state index contributed by atoms with van der Waals surface area (Å²) in [4.78, 5) is 16.2. The summed E-state index contributed by atoms with van der Waals surface area (Å²) in [5.41, 5.74) is 4.78. The number of ether oxygens (including phenoxy) is 1. The number of hydrogen-bond acceptors (Lipinski definition) is 3. The number of nitrogens with zero attached hydrogens (tertiary/aromatic N) is 2. The van der Waals surface area contributed by atoms with Gasteiger partial charge in [-0.2, -0.15) is 0 Å². The monoisotopic (exact) mass is 461 g/mol. The molecule has 34 heavy (non-hydrogen) atoms. The number of amides is 1. The fourth-order valence-electron chi connectivity index (χ4n) is 4.23. The third-order valence-electron chi connectivity index (χ3n) is 6.12. The number of fused-ring (bicyclic) bond motifs is 1. The topological polar surface area (TPSA) is 56.2 Å². The SMILES string of the molecule is C=CC(=O)NCCCCCc1nc2ccccc2n1CCCCOc1cc(C)ccc1C(C)C. The number of carbonyl (C=O) groups excluding carboxylic acids is 1. The van der Waals surface area contributed by atoms with Crippen molar-refractivity contribution in [3.8, 4) is 5.75 Å². The molecule has 0 fully saturated rings. The van der Waals surface area contributed by atoms with Gasteiger partial charge in [0, 0.05) is 19.5 Å². The fraction of sp³-hybridized carbons (Fsp3) is 0.448. The molecule has 0 spiro atoms. The Kier molecular flexibility index (Phi) is 9.75. The minimum atomic E-state index is -0.103. The van der Waals surface area contributed by atoms with Crippen molar-refractivity contribution in [1.29, 1.82) is 0 Å². The van der Waals surface area contributed by atoms with Crippen LogP contribution in [0.15, 0.2) is 55.1 Å². The van der Waals surface area contributed by atoms with E-state index >= 15 is 0 Å². The lowest BCUT2D eigenvalue weighted by Crippen LogP contribution is -2.21. The van der Waals surface area contributed by atoms with Crippen LogP contribution in [-0.2, 0) is 17.8 Å². The van der Waals surface area contributed by atoms with Gasteiger partial charge in [-0.3, -0.25) is 4.79 Å². The molecule has 5 nitrogen and oxygen atoms in total. The second-order valence-corrected chi connectivity index (χ2v) is 9.23. The average Bonchev–Trinajstić information content (AvgIpc) is 3.18. The van der Waals surface area contributed by atoms with E-state index in [1.165, 1.54) is 22.7 Å². The van der Waals surface area contributed by atoms with Crippen molar-refractivity contribution in [2.24, 2.45) is 0 Å². The van der Waals surface area contributed by atoms with Gasteiger partial charge in [0.15, 0.2) is 0 Å². The Bertz CT molecular complexity index is 1080. The number of para-hydroxylation sites is 2.